The molecule has 2 unspecified atom stereocenters. The van der Waals surface area contributed by atoms with Crippen molar-refractivity contribution in [2.75, 3.05) is 18.4 Å². The molecule has 2 atom stereocenters. The number of piperidine rings is 1. The molecule has 206 valence electrons. The second-order valence-electron chi connectivity index (χ2n) is 10.9. The number of halogens is 3. The van der Waals surface area contributed by atoms with E-state index in [1.165, 1.54) is 24.3 Å². The first-order valence-electron chi connectivity index (χ1n) is 12.5. The Hall–Kier alpha value is -4.07. The average molecular weight is 542 g/mol. The first kappa shape index (κ1) is 28.0. The Labute approximate surface area is 224 Å². The van der Waals surface area contributed by atoms with E-state index in [1.54, 1.807) is 43.5 Å². The molecule has 0 aliphatic carbocycles. The summed E-state index contributed by atoms with van der Waals surface area (Å²) in [6.45, 7) is 7.89. The van der Waals surface area contributed by atoms with Crippen LogP contribution in [0, 0.1) is 17.2 Å². The molecule has 1 saturated heterocycles. The number of fused-ring (bicyclic) bond motifs is 1. The summed E-state index contributed by atoms with van der Waals surface area (Å²) in [4.78, 5) is 31.3. The van der Waals surface area contributed by atoms with Gasteiger partial charge in [0.15, 0.2) is 0 Å². The lowest BCUT2D eigenvalue weighted by molar-refractivity contribution is -0.135. The third-order valence-corrected chi connectivity index (χ3v) is 6.76. The highest BCUT2D eigenvalue weighted by Crippen LogP contribution is 2.45. The predicted octanol–water partition coefficient (Wildman–Crippen LogP) is 6.08. The van der Waals surface area contributed by atoms with E-state index < -0.39 is 35.0 Å². The van der Waals surface area contributed by atoms with Crippen LogP contribution in [-0.4, -0.2) is 45.1 Å². The number of carbonyl (C=O) groups excluding carboxylic acids is 2. The number of nitrogens with one attached hydrogen (secondary N) is 1. The molecule has 1 fully saturated rings. The first-order valence-corrected chi connectivity index (χ1v) is 12.5. The number of likely N-dealkylation sites (tertiary alicyclic amines) is 1. The Morgan fingerprint density at radius 1 is 1.23 bits per heavy atom. The molecule has 0 bridgehead atoms. The SMILES string of the molecule is CC1CN(C(=O)OC(C)(C)C)CCC1c1cn(C)c2ncc(NC(=O)c3cccc(C#N)c3)c(C(F)(F)F)c12. The zero-order valence-electron chi connectivity index (χ0n) is 22.4. The maximum Gasteiger partial charge on any atom is 0.419 e. The van der Waals surface area contributed by atoms with Crippen LogP contribution in [0.15, 0.2) is 36.7 Å². The van der Waals surface area contributed by atoms with Crippen molar-refractivity contribution >= 4 is 28.7 Å². The fourth-order valence-corrected chi connectivity index (χ4v) is 5.07. The standard InChI is InChI=1S/C28H30F3N5O3/c1-16-14-36(26(38)39-27(2,3)4)10-9-19(16)20-15-35(5)24-22(20)23(28(29,30)31)21(13-33-24)34-25(37)18-8-6-7-17(11-18)12-32/h6-8,11,13,15-16,19H,9-10,14H2,1-5H3,(H,34,37). The molecule has 0 saturated carbocycles. The maximum atomic E-state index is 14.6. The molecule has 3 aromatic rings. The van der Waals surface area contributed by atoms with Gasteiger partial charge in [-0.2, -0.15) is 18.4 Å². The molecule has 1 N–H and O–H groups in total. The molecule has 4 rings (SSSR count). The molecule has 0 spiro atoms. The van der Waals surface area contributed by atoms with E-state index in [0.29, 0.717) is 25.1 Å². The van der Waals surface area contributed by atoms with Crippen LogP contribution in [0.1, 0.15) is 67.1 Å². The van der Waals surface area contributed by atoms with Crippen molar-refractivity contribution in [2.24, 2.45) is 13.0 Å². The number of benzene rings is 1. The van der Waals surface area contributed by atoms with Crippen molar-refractivity contribution in [2.45, 2.75) is 51.8 Å². The summed E-state index contributed by atoms with van der Waals surface area (Å²) in [5.41, 5.74) is -1.22. The number of carbonyl (C=O) groups is 2. The number of hydrogen-bond donors (Lipinski definition) is 1. The van der Waals surface area contributed by atoms with Crippen molar-refractivity contribution in [3.05, 3.63) is 58.9 Å². The van der Waals surface area contributed by atoms with Gasteiger partial charge in [-0.1, -0.05) is 13.0 Å². The molecule has 1 aliphatic rings. The third-order valence-electron chi connectivity index (χ3n) is 6.76. The largest absolute Gasteiger partial charge is 0.444 e. The number of alkyl halides is 3. The lowest BCUT2D eigenvalue weighted by Gasteiger charge is -2.37. The highest BCUT2D eigenvalue weighted by atomic mass is 19.4. The van der Waals surface area contributed by atoms with Crippen LogP contribution in [0.4, 0.5) is 23.7 Å². The number of rotatable bonds is 3. The van der Waals surface area contributed by atoms with Crippen LogP contribution >= 0.6 is 0 Å². The molecule has 8 nitrogen and oxygen atoms in total. The molecular formula is C28H30F3N5O3. The van der Waals surface area contributed by atoms with Crippen molar-refractivity contribution in [1.82, 2.24) is 14.5 Å². The summed E-state index contributed by atoms with van der Waals surface area (Å²) in [6, 6.07) is 7.62. The number of hydrogen-bond acceptors (Lipinski definition) is 5. The predicted molar refractivity (Wildman–Crippen MR) is 139 cm³/mol. The molecule has 11 heteroatoms. The van der Waals surface area contributed by atoms with Gasteiger partial charge in [0.25, 0.3) is 5.91 Å². The molecule has 3 heterocycles. The Morgan fingerprint density at radius 3 is 2.56 bits per heavy atom. The van der Waals surface area contributed by atoms with E-state index in [-0.39, 0.29) is 34.0 Å². The molecule has 1 aromatic carbocycles. The van der Waals surface area contributed by atoms with E-state index in [2.05, 4.69) is 10.3 Å². The Bertz CT molecular complexity index is 1470. The quantitative estimate of drug-likeness (QED) is 0.433. The normalized spacial score (nSPS) is 18.1. The zero-order chi connectivity index (χ0) is 28.7. The van der Waals surface area contributed by atoms with Crippen molar-refractivity contribution in [3.63, 3.8) is 0 Å². The van der Waals surface area contributed by atoms with Gasteiger partial charge in [-0.3, -0.25) is 4.79 Å². The van der Waals surface area contributed by atoms with E-state index in [0.717, 1.165) is 6.20 Å². The monoisotopic (exact) mass is 541 g/mol. The molecule has 2 aromatic heterocycles. The lowest BCUT2D eigenvalue weighted by atomic mass is 9.81. The van der Waals surface area contributed by atoms with Crippen molar-refractivity contribution in [3.8, 4) is 6.07 Å². The number of nitrogens with zero attached hydrogens (tertiary/aromatic N) is 4. The summed E-state index contributed by atoms with van der Waals surface area (Å²) in [5.74, 6) is -1.23. The smallest absolute Gasteiger partial charge is 0.419 e. The number of aromatic nitrogens is 2. The summed E-state index contributed by atoms with van der Waals surface area (Å²) in [6.07, 6.45) is -2.15. The van der Waals surface area contributed by atoms with Gasteiger partial charge in [0, 0.05) is 37.3 Å². The Morgan fingerprint density at radius 2 is 1.95 bits per heavy atom. The summed E-state index contributed by atoms with van der Waals surface area (Å²) in [7, 11) is 1.63. The average Bonchev–Trinajstić information content (AvgIpc) is 3.17. The minimum absolute atomic E-state index is 0.0543. The lowest BCUT2D eigenvalue weighted by Crippen LogP contribution is -2.44. The maximum absolute atomic E-state index is 14.6. The highest BCUT2D eigenvalue weighted by Gasteiger charge is 2.41. The van der Waals surface area contributed by atoms with Crippen molar-refractivity contribution in [1.29, 1.82) is 5.26 Å². The summed E-state index contributed by atoms with van der Waals surface area (Å²) >= 11 is 0. The topological polar surface area (TPSA) is 100 Å². The van der Waals surface area contributed by atoms with E-state index >= 15 is 0 Å². The van der Waals surface area contributed by atoms with E-state index in [9.17, 15) is 22.8 Å². The molecular weight excluding hydrogens is 511 g/mol. The molecule has 39 heavy (non-hydrogen) atoms. The van der Waals surface area contributed by atoms with Gasteiger partial charge in [-0.25, -0.2) is 9.78 Å². The minimum atomic E-state index is -4.80. The summed E-state index contributed by atoms with van der Waals surface area (Å²) in [5, 5.41) is 11.4. The molecule has 0 radical (unpaired) electrons. The van der Waals surface area contributed by atoms with Crippen LogP contribution in [0.2, 0.25) is 0 Å². The van der Waals surface area contributed by atoms with Crippen molar-refractivity contribution < 1.29 is 27.5 Å². The highest BCUT2D eigenvalue weighted by molar-refractivity contribution is 6.06. The third kappa shape index (κ3) is 5.85. The van der Waals surface area contributed by atoms with Gasteiger partial charge >= 0.3 is 12.3 Å². The molecule has 1 aliphatic heterocycles. The minimum Gasteiger partial charge on any atom is -0.444 e. The molecule has 2 amide bonds. The second kappa shape index (κ2) is 10.2. The van der Waals surface area contributed by atoms with Crippen LogP contribution in [0.3, 0.4) is 0 Å². The summed E-state index contributed by atoms with van der Waals surface area (Å²) < 4.78 is 50.9. The van der Waals surface area contributed by atoms with Gasteiger partial charge < -0.3 is 19.5 Å². The van der Waals surface area contributed by atoms with Gasteiger partial charge in [0.05, 0.1) is 29.1 Å². The van der Waals surface area contributed by atoms with Gasteiger partial charge in [0.2, 0.25) is 0 Å². The fourth-order valence-electron chi connectivity index (χ4n) is 5.07. The fraction of sp³-hybridized carbons (Fsp3) is 0.429. The number of aryl methyl sites for hydroxylation is 1. The number of ether oxygens (including phenoxy) is 1. The van der Waals surface area contributed by atoms with Gasteiger partial charge in [-0.05, 0) is 62.8 Å². The number of anilines is 1. The van der Waals surface area contributed by atoms with Crippen LogP contribution in [0.5, 0.6) is 0 Å². The Balaban J connectivity index is 1.73. The number of amides is 2. The zero-order valence-corrected chi connectivity index (χ0v) is 22.4. The van der Waals surface area contributed by atoms with Crippen LogP contribution < -0.4 is 5.32 Å². The van der Waals surface area contributed by atoms with E-state index in [1.807, 2.05) is 13.0 Å². The second-order valence-corrected chi connectivity index (χ2v) is 10.9. The Kier molecular flexibility index (Phi) is 7.34. The van der Waals surface area contributed by atoms with Gasteiger partial charge in [-0.15, -0.1) is 0 Å². The van der Waals surface area contributed by atoms with Crippen LogP contribution in [0.25, 0.3) is 11.0 Å². The van der Waals surface area contributed by atoms with Crippen LogP contribution in [-0.2, 0) is 18.0 Å². The first-order chi connectivity index (χ1) is 18.2. The van der Waals surface area contributed by atoms with Gasteiger partial charge in [0.1, 0.15) is 11.2 Å². The number of pyridine rings is 1. The number of nitriles is 1. The van der Waals surface area contributed by atoms with E-state index in [4.69, 9.17) is 10.00 Å².